The first kappa shape index (κ1) is 22.3. The van der Waals surface area contributed by atoms with Crippen molar-refractivity contribution in [2.45, 2.75) is 0 Å². The molecule has 121 valence electrons. The van der Waals surface area contributed by atoms with Gasteiger partial charge in [-0.05, 0) is 12.1 Å². The molecule has 0 amide bonds. The maximum Gasteiger partial charge on any atom is 2.00 e. The Morgan fingerprint density at radius 3 is 1.18 bits per heavy atom. The van der Waals surface area contributed by atoms with Crippen LogP contribution in [0.5, 0.6) is 11.5 Å². The molecule has 0 spiro atoms. The summed E-state index contributed by atoms with van der Waals surface area (Å²) in [5, 5.41) is 38.1. The summed E-state index contributed by atoms with van der Waals surface area (Å²) in [5.74, 6) is -3.25. The molecule has 8 heteroatoms. The van der Waals surface area contributed by atoms with E-state index in [1.807, 2.05) is 0 Å². The minimum atomic E-state index is -1.18. The quantitative estimate of drug-likeness (QED) is 0.734. The third-order valence-electron chi connectivity index (χ3n) is 2.23. The van der Waals surface area contributed by atoms with Crippen molar-refractivity contribution in [2.75, 3.05) is 0 Å². The summed E-state index contributed by atoms with van der Waals surface area (Å²) in [7, 11) is 0. The van der Waals surface area contributed by atoms with Crippen LogP contribution >= 0.6 is 0 Å². The number of carbonyl (C=O) groups is 2. The van der Waals surface area contributed by atoms with E-state index in [4.69, 9.17) is 10.2 Å². The van der Waals surface area contributed by atoms with Gasteiger partial charge >= 0.3 is 28.7 Å². The first-order valence-corrected chi connectivity index (χ1v) is 5.42. The molecule has 0 unspecified atom stereocenters. The zero-order chi connectivity index (χ0) is 15.1. The van der Waals surface area contributed by atoms with Crippen LogP contribution in [0.25, 0.3) is 0 Å². The predicted molar refractivity (Wildman–Crippen MR) is 65.7 cm³/mol. The Hall–Kier alpha value is -2.02. The predicted octanol–water partition coefficient (Wildman–Crippen LogP) is 0.912. The maximum atomic E-state index is 10.7. The Bertz CT molecular complexity index is 577. The fraction of sp³-hybridized carbons (Fsp3) is 0. The van der Waals surface area contributed by atoms with Gasteiger partial charge in [0.25, 0.3) is 0 Å². The number of hydrogen-bond donors (Lipinski definition) is 2. The minimum absolute atomic E-state index is 0. The summed E-state index contributed by atoms with van der Waals surface area (Å²) in [5.41, 5.74) is -0.356. The van der Waals surface area contributed by atoms with Crippen LogP contribution in [-0.2, 0) is 33.3 Å². The van der Waals surface area contributed by atoms with Crippen molar-refractivity contribution in [3.8, 4) is 11.5 Å². The van der Waals surface area contributed by atoms with Gasteiger partial charge in [-0.25, -0.2) is 9.59 Å². The number of para-hydroxylation sites is 2. The first-order chi connectivity index (χ1) is 9.43. The molecule has 0 saturated carbocycles. The molecule has 0 heterocycles. The Kier molecular flexibility index (Phi) is 10.8. The maximum absolute atomic E-state index is 10.7. The van der Waals surface area contributed by atoms with Crippen molar-refractivity contribution in [3.05, 3.63) is 59.7 Å². The van der Waals surface area contributed by atoms with Gasteiger partial charge in [0, 0.05) is 16.5 Å². The van der Waals surface area contributed by atoms with E-state index >= 15 is 0 Å². The second-order valence-corrected chi connectivity index (χ2v) is 3.60. The Balaban J connectivity index is 0. The first-order valence-electron chi connectivity index (χ1n) is 5.42. The van der Waals surface area contributed by atoms with Crippen LogP contribution in [0.15, 0.2) is 48.5 Å². The molecule has 0 aliphatic carbocycles. The molecule has 2 aromatic carbocycles. The smallest absolute Gasteiger partial charge is 0.872 e. The molecule has 0 atom stereocenters. The van der Waals surface area contributed by atoms with Crippen molar-refractivity contribution >= 4 is 11.9 Å². The third-order valence-corrected chi connectivity index (χ3v) is 2.23. The van der Waals surface area contributed by atoms with E-state index in [0.29, 0.717) is 0 Å². The average molecular weight is 392 g/mol. The van der Waals surface area contributed by atoms with Gasteiger partial charge in [0.2, 0.25) is 0 Å². The normalized spacial score (nSPS) is 8.36. The molecule has 1 radical (unpaired) electrons. The zero-order valence-corrected chi connectivity index (χ0v) is 12.8. The molecule has 0 saturated heterocycles. The number of carboxylic acid groups (broad SMARTS) is 2. The van der Waals surface area contributed by atoms with Crippen LogP contribution < -0.4 is 10.2 Å². The van der Waals surface area contributed by atoms with Gasteiger partial charge in [-0.1, -0.05) is 47.9 Å². The average Bonchev–Trinajstić information content (AvgIpc) is 2.40. The van der Waals surface area contributed by atoms with E-state index in [0.717, 1.165) is 0 Å². The van der Waals surface area contributed by atoms with E-state index in [1.165, 1.54) is 48.5 Å². The standard InChI is InChI=1S/2C7H6O3.Co.Ni/c2*8-6-4-2-1-3-5(6)7(9)10;;/h2*1-4,8H,(H,9,10);;/q;;+2;/p-2. The molecule has 2 N–H and O–H groups in total. The molecule has 0 aliphatic rings. The number of carboxylic acids is 2. The second kappa shape index (κ2) is 10.7. The van der Waals surface area contributed by atoms with Crippen molar-refractivity contribution in [2.24, 2.45) is 0 Å². The number of hydrogen-bond acceptors (Lipinski definition) is 4. The van der Waals surface area contributed by atoms with Crippen LogP contribution in [0.1, 0.15) is 20.7 Å². The Morgan fingerprint density at radius 1 is 0.727 bits per heavy atom. The fourth-order valence-corrected chi connectivity index (χ4v) is 1.29. The largest absolute Gasteiger partial charge is 2.00 e. The molecule has 2 rings (SSSR count). The van der Waals surface area contributed by atoms with Crippen LogP contribution in [0.4, 0.5) is 0 Å². The molecule has 22 heavy (non-hydrogen) atoms. The van der Waals surface area contributed by atoms with E-state index in [2.05, 4.69) is 0 Å². The third kappa shape index (κ3) is 6.62. The van der Waals surface area contributed by atoms with Gasteiger partial charge in [0.1, 0.15) is 0 Å². The second-order valence-electron chi connectivity index (χ2n) is 3.60. The van der Waals surface area contributed by atoms with Crippen molar-refractivity contribution in [1.29, 1.82) is 0 Å². The van der Waals surface area contributed by atoms with Gasteiger partial charge in [-0.2, -0.15) is 0 Å². The summed E-state index contributed by atoms with van der Waals surface area (Å²) in [6.07, 6.45) is 0. The number of aromatic carboxylic acids is 2. The van der Waals surface area contributed by atoms with Crippen molar-refractivity contribution in [1.82, 2.24) is 0 Å². The van der Waals surface area contributed by atoms with Gasteiger partial charge < -0.3 is 20.4 Å². The van der Waals surface area contributed by atoms with E-state index in [-0.39, 0.29) is 44.4 Å². The van der Waals surface area contributed by atoms with E-state index in [1.54, 1.807) is 0 Å². The van der Waals surface area contributed by atoms with Gasteiger partial charge in [0.05, 0.1) is 11.1 Å². The van der Waals surface area contributed by atoms with Crippen LogP contribution in [0.2, 0.25) is 0 Å². The van der Waals surface area contributed by atoms with Crippen LogP contribution in [0.3, 0.4) is 0 Å². The molecular weight excluding hydrogens is 382 g/mol. The molecule has 0 aliphatic heterocycles. The monoisotopic (exact) mass is 391 g/mol. The van der Waals surface area contributed by atoms with Gasteiger partial charge in [0.15, 0.2) is 0 Å². The van der Waals surface area contributed by atoms with E-state index in [9.17, 15) is 19.8 Å². The summed E-state index contributed by atoms with van der Waals surface area (Å²) in [6, 6.07) is 11.1. The molecule has 6 nitrogen and oxygen atoms in total. The van der Waals surface area contributed by atoms with Crippen LogP contribution in [-0.4, -0.2) is 22.2 Å². The number of benzene rings is 2. The molecule has 0 fully saturated rings. The van der Waals surface area contributed by atoms with Crippen molar-refractivity contribution in [3.63, 3.8) is 0 Å². The van der Waals surface area contributed by atoms with E-state index < -0.39 is 23.4 Å². The Morgan fingerprint density at radius 2 is 1.00 bits per heavy atom. The molecule has 0 aromatic heterocycles. The molecule has 2 aromatic rings. The molecule has 0 bridgehead atoms. The van der Waals surface area contributed by atoms with Crippen molar-refractivity contribution < 1.29 is 63.3 Å². The SMILES string of the molecule is O=C(O)c1ccccc1[O-].O=C(O)c1ccccc1[O-].[Co+2].[Ni]. The summed E-state index contributed by atoms with van der Waals surface area (Å²) < 4.78 is 0. The summed E-state index contributed by atoms with van der Waals surface area (Å²) >= 11 is 0. The zero-order valence-electron chi connectivity index (χ0n) is 10.8. The summed E-state index contributed by atoms with van der Waals surface area (Å²) in [6.45, 7) is 0. The van der Waals surface area contributed by atoms with Gasteiger partial charge in [-0.15, -0.1) is 0 Å². The number of rotatable bonds is 2. The topological polar surface area (TPSA) is 121 Å². The minimum Gasteiger partial charge on any atom is -0.872 e. The Labute approximate surface area is 146 Å². The summed E-state index contributed by atoms with van der Waals surface area (Å²) in [4.78, 5) is 20.4. The van der Waals surface area contributed by atoms with Gasteiger partial charge in [-0.3, -0.25) is 0 Å². The fourth-order valence-electron chi connectivity index (χ4n) is 1.29. The molecular formula is C14H10CoNiO6. The van der Waals surface area contributed by atoms with Crippen LogP contribution in [0, 0.1) is 0 Å².